The highest BCUT2D eigenvalue weighted by Crippen LogP contribution is 2.44. The van der Waals surface area contributed by atoms with E-state index in [1.165, 1.54) is 36.1 Å². The first-order valence-electron chi connectivity index (χ1n) is 21.0. The van der Waals surface area contributed by atoms with Crippen molar-refractivity contribution in [2.45, 2.75) is 83.8 Å². The van der Waals surface area contributed by atoms with Gasteiger partial charge in [-0.25, -0.2) is 0 Å². The van der Waals surface area contributed by atoms with Crippen LogP contribution in [-0.4, -0.2) is 34.0 Å². The Labute approximate surface area is 338 Å². The van der Waals surface area contributed by atoms with Crippen LogP contribution in [0.25, 0.3) is 0 Å². The first kappa shape index (κ1) is 41.3. The average molecular weight is 766 g/mol. The Balaban J connectivity index is 1.17. The van der Waals surface area contributed by atoms with Gasteiger partial charge in [0.2, 0.25) is 5.91 Å². The third-order valence-corrected chi connectivity index (χ3v) is 17.4. The quantitative estimate of drug-likeness (QED) is 0.0714. The molecule has 1 saturated carbocycles. The van der Waals surface area contributed by atoms with Gasteiger partial charge in [-0.2, -0.15) is 0 Å². The Hall–Kier alpha value is -4.29. The number of ether oxygens (including phenoxy) is 1. The monoisotopic (exact) mass is 765 g/mol. The zero-order chi connectivity index (χ0) is 39.4. The third-order valence-electron chi connectivity index (χ3n) is 12.4. The molecule has 0 aromatic heterocycles. The van der Waals surface area contributed by atoms with Gasteiger partial charge in [0, 0.05) is 26.0 Å². The van der Waals surface area contributed by atoms with Crippen LogP contribution in [0.1, 0.15) is 89.8 Å². The van der Waals surface area contributed by atoms with Crippen molar-refractivity contribution in [2.75, 3.05) is 19.8 Å². The minimum Gasteiger partial charge on any atom is -0.407 e. The van der Waals surface area contributed by atoms with Crippen LogP contribution >= 0.6 is 0 Å². The van der Waals surface area contributed by atoms with Crippen LogP contribution < -0.4 is 15.7 Å². The van der Waals surface area contributed by atoms with Crippen LogP contribution in [-0.2, 0) is 19.6 Å². The van der Waals surface area contributed by atoms with Crippen LogP contribution in [0.5, 0.6) is 0 Å². The predicted octanol–water partition coefficient (Wildman–Crippen LogP) is 10.5. The number of carbonyl (C=O) groups is 1. The number of hydrogen-bond donors (Lipinski definition) is 1. The van der Waals surface area contributed by atoms with E-state index in [9.17, 15) is 4.79 Å². The molecule has 1 aliphatic rings. The molecule has 5 heteroatoms. The van der Waals surface area contributed by atoms with E-state index < -0.39 is 13.9 Å². The average Bonchev–Trinajstić information content (AvgIpc) is 3.69. The molecule has 4 atom stereocenters. The first-order valence-corrected chi connectivity index (χ1v) is 22.9. The molecule has 0 heterocycles. The lowest BCUT2D eigenvalue weighted by Crippen LogP contribution is -2.67. The van der Waals surface area contributed by atoms with Gasteiger partial charge in [0.05, 0.1) is 6.61 Å². The van der Waals surface area contributed by atoms with Crippen molar-refractivity contribution in [1.82, 2.24) is 5.32 Å². The van der Waals surface area contributed by atoms with E-state index in [1.54, 1.807) is 6.92 Å². The van der Waals surface area contributed by atoms with E-state index in [0.29, 0.717) is 37.5 Å². The van der Waals surface area contributed by atoms with E-state index in [1.807, 2.05) is 0 Å². The van der Waals surface area contributed by atoms with Gasteiger partial charge in [-0.3, -0.25) is 4.79 Å². The number of amides is 1. The molecule has 0 radical (unpaired) electrons. The molecule has 1 aliphatic carbocycles. The molecular weight excluding hydrogens is 703 g/mol. The van der Waals surface area contributed by atoms with Crippen LogP contribution in [0.15, 0.2) is 152 Å². The van der Waals surface area contributed by atoms with Gasteiger partial charge in [0.15, 0.2) is 0 Å². The molecule has 0 unspecified atom stereocenters. The molecule has 4 nitrogen and oxygen atoms in total. The summed E-state index contributed by atoms with van der Waals surface area (Å²) in [6, 6.07) is 54.0. The molecule has 1 N–H and O–H groups in total. The summed E-state index contributed by atoms with van der Waals surface area (Å²) < 4.78 is 14.7. The number of nitrogens with one attached hydrogen (secondary N) is 1. The summed E-state index contributed by atoms with van der Waals surface area (Å²) in [7, 11) is -2.71. The summed E-state index contributed by atoms with van der Waals surface area (Å²) in [5, 5.41) is 5.68. The molecule has 0 saturated heterocycles. The molecule has 0 spiro atoms. The molecule has 1 amide bonds. The van der Waals surface area contributed by atoms with Gasteiger partial charge in [0.25, 0.3) is 8.32 Å². The smallest absolute Gasteiger partial charge is 0.261 e. The highest BCUT2D eigenvalue weighted by molar-refractivity contribution is 6.99. The van der Waals surface area contributed by atoms with Crippen molar-refractivity contribution in [1.29, 1.82) is 0 Å². The number of carbonyl (C=O) groups excluding carboxylic acids is 1. The maximum Gasteiger partial charge on any atom is 0.261 e. The number of benzene rings is 5. The molecule has 56 heavy (non-hydrogen) atoms. The molecule has 0 bridgehead atoms. The SMILES string of the molecule is CC[C@H](CC[C@@H]1CC[C@@H](COC(c2ccccc2)(c2ccccc2)c2ccccc2)C1)[C@@H](CNC(C)=O)CO[Si](c1ccccc1)(c1ccccc1)C(C)(C)C. The second kappa shape index (κ2) is 19.2. The van der Waals surface area contributed by atoms with Gasteiger partial charge in [-0.1, -0.05) is 199 Å². The lowest BCUT2D eigenvalue weighted by atomic mass is 9.80. The summed E-state index contributed by atoms with van der Waals surface area (Å²) in [5.41, 5.74) is 2.78. The van der Waals surface area contributed by atoms with Gasteiger partial charge in [-0.05, 0) is 69.1 Å². The Morgan fingerprint density at radius 3 is 1.55 bits per heavy atom. The number of hydrogen-bond acceptors (Lipinski definition) is 3. The maximum absolute atomic E-state index is 12.3. The maximum atomic E-state index is 12.3. The topological polar surface area (TPSA) is 47.6 Å². The largest absolute Gasteiger partial charge is 0.407 e. The molecular formula is C51H63NO3Si. The van der Waals surface area contributed by atoms with Crippen molar-refractivity contribution < 1.29 is 14.0 Å². The van der Waals surface area contributed by atoms with Crippen molar-refractivity contribution in [3.8, 4) is 0 Å². The predicted molar refractivity (Wildman–Crippen MR) is 235 cm³/mol. The fraction of sp³-hybridized carbons (Fsp3) is 0.392. The van der Waals surface area contributed by atoms with Gasteiger partial charge in [-0.15, -0.1) is 0 Å². The fourth-order valence-corrected chi connectivity index (χ4v) is 14.1. The van der Waals surface area contributed by atoms with E-state index >= 15 is 0 Å². The van der Waals surface area contributed by atoms with E-state index in [2.05, 4.69) is 185 Å². The zero-order valence-electron chi connectivity index (χ0n) is 34.3. The summed E-state index contributed by atoms with van der Waals surface area (Å²) >= 11 is 0. The highest BCUT2D eigenvalue weighted by atomic mass is 28.4. The fourth-order valence-electron chi connectivity index (χ4n) is 9.46. The lowest BCUT2D eigenvalue weighted by molar-refractivity contribution is -0.119. The third kappa shape index (κ3) is 9.45. The normalized spacial score (nSPS) is 17.3. The van der Waals surface area contributed by atoms with Crippen LogP contribution in [0.2, 0.25) is 5.04 Å². The Morgan fingerprint density at radius 2 is 1.12 bits per heavy atom. The second-order valence-electron chi connectivity index (χ2n) is 17.1. The van der Waals surface area contributed by atoms with Gasteiger partial charge in [0.1, 0.15) is 5.60 Å². The molecule has 294 valence electrons. The van der Waals surface area contributed by atoms with Crippen molar-refractivity contribution >= 4 is 24.6 Å². The van der Waals surface area contributed by atoms with Crippen molar-refractivity contribution in [3.05, 3.63) is 168 Å². The van der Waals surface area contributed by atoms with Crippen LogP contribution in [0.4, 0.5) is 0 Å². The number of rotatable bonds is 18. The van der Waals surface area contributed by atoms with E-state index in [0.717, 1.165) is 29.5 Å². The summed E-state index contributed by atoms with van der Waals surface area (Å²) in [6.45, 7) is 12.9. The Bertz CT molecular complexity index is 1760. The van der Waals surface area contributed by atoms with Crippen molar-refractivity contribution in [2.24, 2.45) is 23.7 Å². The molecule has 0 aliphatic heterocycles. The molecule has 6 rings (SSSR count). The highest BCUT2D eigenvalue weighted by Gasteiger charge is 2.50. The van der Waals surface area contributed by atoms with Gasteiger partial charge >= 0.3 is 0 Å². The van der Waals surface area contributed by atoms with E-state index in [-0.39, 0.29) is 16.9 Å². The molecule has 5 aromatic carbocycles. The Morgan fingerprint density at radius 1 is 0.679 bits per heavy atom. The lowest BCUT2D eigenvalue weighted by Gasteiger charge is -2.44. The summed E-state index contributed by atoms with van der Waals surface area (Å²) in [4.78, 5) is 12.3. The summed E-state index contributed by atoms with van der Waals surface area (Å²) in [6.07, 6.45) is 6.97. The Kier molecular flexibility index (Phi) is 14.2. The van der Waals surface area contributed by atoms with E-state index in [4.69, 9.17) is 9.16 Å². The molecule has 1 fully saturated rings. The first-order chi connectivity index (χ1) is 27.2. The minimum absolute atomic E-state index is 0.0199. The van der Waals surface area contributed by atoms with Gasteiger partial charge < -0.3 is 14.5 Å². The summed E-state index contributed by atoms with van der Waals surface area (Å²) in [5.74, 6) is 1.85. The molecule has 5 aromatic rings. The van der Waals surface area contributed by atoms with Crippen LogP contribution in [0.3, 0.4) is 0 Å². The standard InChI is InChI=1S/C51H63NO3Si/c1-6-43(44(37-52-40(2)53)39-55-56(50(3,4)5,48-28-18-10-19-29-48)49-30-20-11-21-31-49)35-34-41-32-33-42(36-41)38-54-51(45-22-12-7-13-23-45,46-24-14-8-15-25-46)47-26-16-9-17-27-47/h7-31,41-44H,6,32-39H2,1-5H3,(H,52,53)/t41-,42+,43+,44-/m0/s1. The second-order valence-corrected chi connectivity index (χ2v) is 21.4. The van der Waals surface area contributed by atoms with Crippen LogP contribution in [0, 0.1) is 23.7 Å². The van der Waals surface area contributed by atoms with Crippen molar-refractivity contribution in [3.63, 3.8) is 0 Å². The minimum atomic E-state index is -2.71. The zero-order valence-corrected chi connectivity index (χ0v) is 35.3.